The molecule has 1 heterocycles. The first-order valence-corrected chi connectivity index (χ1v) is 4.63. The molecule has 0 fully saturated rings. The van der Waals surface area contributed by atoms with Crippen LogP contribution in [-0.4, -0.2) is 9.97 Å². The van der Waals surface area contributed by atoms with Gasteiger partial charge in [-0.1, -0.05) is 19.9 Å². The fourth-order valence-corrected chi connectivity index (χ4v) is 1.51. The van der Waals surface area contributed by atoms with Crippen molar-refractivity contribution in [1.82, 2.24) is 9.97 Å². The summed E-state index contributed by atoms with van der Waals surface area (Å²) in [6.45, 7) is 6.38. The van der Waals surface area contributed by atoms with Gasteiger partial charge in [0.05, 0.1) is 11.0 Å². The van der Waals surface area contributed by atoms with E-state index in [0.29, 0.717) is 5.92 Å². The number of hydrogen-bond acceptors (Lipinski definition) is 1. The van der Waals surface area contributed by atoms with E-state index in [1.54, 1.807) is 0 Å². The normalized spacial score (nSPS) is 11.4. The van der Waals surface area contributed by atoms with Gasteiger partial charge in [0.2, 0.25) is 0 Å². The van der Waals surface area contributed by atoms with Gasteiger partial charge in [-0.05, 0) is 30.5 Å². The van der Waals surface area contributed by atoms with Crippen LogP contribution in [0.2, 0.25) is 0 Å². The molecular weight excluding hydrogens is 160 g/mol. The van der Waals surface area contributed by atoms with Crippen LogP contribution in [0.25, 0.3) is 11.0 Å². The number of imidazole rings is 1. The number of aryl methyl sites for hydroxylation is 1. The van der Waals surface area contributed by atoms with Gasteiger partial charge < -0.3 is 4.98 Å². The molecule has 2 rings (SSSR count). The molecular formula is C11H16N2. The molecule has 0 aliphatic carbocycles. The Kier molecular flexibility index (Phi) is 1.83. The molecule has 0 bridgehead atoms. The second kappa shape index (κ2) is 2.87. The highest BCUT2D eigenvalue weighted by atomic mass is 14.9. The Morgan fingerprint density at radius 2 is 2.15 bits per heavy atom. The van der Waals surface area contributed by atoms with Crippen molar-refractivity contribution in [1.29, 1.82) is 0 Å². The number of nitrogens with one attached hydrogen (secondary N) is 1. The molecule has 1 N–H and O–H groups in total. The second-order valence-electron chi connectivity index (χ2n) is 3.75. The lowest BCUT2D eigenvalue weighted by molar-refractivity contribution is 0.868. The fraction of sp³-hybridized carbons (Fsp3) is 0.364. The molecule has 2 aromatic rings. The molecule has 0 saturated carbocycles. The van der Waals surface area contributed by atoms with Crippen molar-refractivity contribution in [3.63, 3.8) is 0 Å². The molecule has 0 unspecified atom stereocenters. The first-order valence-electron chi connectivity index (χ1n) is 4.63. The SMILES string of the molecule is Cc1nc2ccc(C(C)C)cc2[nH]1.[HH]. The van der Waals surface area contributed by atoms with Crippen molar-refractivity contribution in [2.45, 2.75) is 26.7 Å². The Hall–Kier alpha value is -1.31. The minimum absolute atomic E-state index is 0. The molecule has 2 heteroatoms. The minimum Gasteiger partial charge on any atom is -0.342 e. The first kappa shape index (κ1) is 8.30. The van der Waals surface area contributed by atoms with E-state index in [1.807, 2.05) is 6.92 Å². The maximum absolute atomic E-state index is 4.36. The third-order valence-electron chi connectivity index (χ3n) is 2.29. The average Bonchev–Trinajstić information content (AvgIpc) is 2.42. The highest BCUT2D eigenvalue weighted by Crippen LogP contribution is 2.19. The number of aromatic amines is 1. The molecule has 0 radical (unpaired) electrons. The molecule has 0 atom stereocenters. The zero-order valence-corrected chi connectivity index (χ0v) is 8.26. The first-order chi connectivity index (χ1) is 6.16. The number of fused-ring (bicyclic) bond motifs is 1. The summed E-state index contributed by atoms with van der Waals surface area (Å²) in [5.74, 6) is 1.56. The highest BCUT2D eigenvalue weighted by molar-refractivity contribution is 5.75. The number of hydrogen-bond donors (Lipinski definition) is 1. The number of benzene rings is 1. The summed E-state index contributed by atoms with van der Waals surface area (Å²) >= 11 is 0. The van der Waals surface area contributed by atoms with Crippen molar-refractivity contribution < 1.29 is 1.43 Å². The van der Waals surface area contributed by atoms with Crippen LogP contribution in [0, 0.1) is 6.92 Å². The van der Waals surface area contributed by atoms with Crippen LogP contribution in [0.3, 0.4) is 0 Å². The standard InChI is InChI=1S/C11H14N2.H2/c1-7(2)9-4-5-10-11(6-9)13-8(3)12-10;/h4-7H,1-3H3,(H,12,13);1H. The monoisotopic (exact) mass is 176 g/mol. The summed E-state index contributed by atoms with van der Waals surface area (Å²) in [5.41, 5.74) is 3.56. The smallest absolute Gasteiger partial charge is 0.104 e. The minimum atomic E-state index is 0. The number of aromatic nitrogens is 2. The largest absolute Gasteiger partial charge is 0.342 e. The van der Waals surface area contributed by atoms with Crippen molar-refractivity contribution in [2.75, 3.05) is 0 Å². The predicted molar refractivity (Wildman–Crippen MR) is 57.0 cm³/mol. The van der Waals surface area contributed by atoms with Crippen LogP contribution in [0.4, 0.5) is 0 Å². The quantitative estimate of drug-likeness (QED) is 0.710. The fourth-order valence-electron chi connectivity index (χ4n) is 1.51. The van der Waals surface area contributed by atoms with E-state index in [4.69, 9.17) is 0 Å². The Balaban J connectivity index is 0.000000980. The van der Waals surface area contributed by atoms with Crippen LogP contribution >= 0.6 is 0 Å². The van der Waals surface area contributed by atoms with Gasteiger partial charge in [-0.2, -0.15) is 0 Å². The molecule has 2 nitrogen and oxygen atoms in total. The Bertz CT molecular complexity index is 432. The Labute approximate surface area is 79.5 Å². The van der Waals surface area contributed by atoms with Gasteiger partial charge in [-0.15, -0.1) is 0 Å². The molecule has 13 heavy (non-hydrogen) atoms. The van der Waals surface area contributed by atoms with Gasteiger partial charge >= 0.3 is 0 Å². The Morgan fingerprint density at radius 3 is 2.85 bits per heavy atom. The van der Waals surface area contributed by atoms with E-state index in [0.717, 1.165) is 16.9 Å². The lowest BCUT2D eigenvalue weighted by atomic mass is 10.0. The van der Waals surface area contributed by atoms with Crippen molar-refractivity contribution in [3.8, 4) is 0 Å². The zero-order chi connectivity index (χ0) is 9.42. The van der Waals surface area contributed by atoms with E-state index in [9.17, 15) is 0 Å². The predicted octanol–water partition coefficient (Wildman–Crippen LogP) is 3.24. The molecule has 0 spiro atoms. The molecule has 0 amide bonds. The third-order valence-corrected chi connectivity index (χ3v) is 2.29. The van der Waals surface area contributed by atoms with Gasteiger partial charge in [0, 0.05) is 1.43 Å². The topological polar surface area (TPSA) is 28.7 Å². The maximum Gasteiger partial charge on any atom is 0.104 e. The average molecular weight is 176 g/mol. The molecule has 0 aliphatic heterocycles. The van der Waals surface area contributed by atoms with E-state index >= 15 is 0 Å². The lowest BCUT2D eigenvalue weighted by Crippen LogP contribution is -1.85. The summed E-state index contributed by atoms with van der Waals surface area (Å²) in [7, 11) is 0. The van der Waals surface area contributed by atoms with Gasteiger partial charge in [-0.3, -0.25) is 0 Å². The number of nitrogens with zero attached hydrogens (tertiary/aromatic N) is 1. The van der Waals surface area contributed by atoms with E-state index < -0.39 is 0 Å². The third kappa shape index (κ3) is 1.44. The number of rotatable bonds is 1. The summed E-state index contributed by atoms with van der Waals surface area (Å²) in [4.78, 5) is 7.60. The molecule has 0 aliphatic rings. The number of H-pyrrole nitrogens is 1. The van der Waals surface area contributed by atoms with Crippen LogP contribution in [0.1, 0.15) is 32.6 Å². The molecule has 70 valence electrons. The van der Waals surface area contributed by atoms with Crippen LogP contribution in [0.5, 0.6) is 0 Å². The van der Waals surface area contributed by atoms with Gasteiger partial charge in [-0.25, -0.2) is 4.98 Å². The van der Waals surface area contributed by atoms with Crippen molar-refractivity contribution in [2.24, 2.45) is 0 Å². The van der Waals surface area contributed by atoms with Gasteiger partial charge in [0.15, 0.2) is 0 Å². The van der Waals surface area contributed by atoms with Gasteiger partial charge in [0.1, 0.15) is 5.82 Å². The molecule has 1 aromatic carbocycles. The van der Waals surface area contributed by atoms with E-state index in [1.165, 1.54) is 5.56 Å². The van der Waals surface area contributed by atoms with Crippen LogP contribution in [-0.2, 0) is 0 Å². The van der Waals surface area contributed by atoms with E-state index in [-0.39, 0.29) is 1.43 Å². The highest BCUT2D eigenvalue weighted by Gasteiger charge is 2.02. The summed E-state index contributed by atoms with van der Waals surface area (Å²) in [6.07, 6.45) is 0. The van der Waals surface area contributed by atoms with Crippen molar-refractivity contribution >= 4 is 11.0 Å². The molecule has 1 aromatic heterocycles. The summed E-state index contributed by atoms with van der Waals surface area (Å²) < 4.78 is 0. The lowest BCUT2D eigenvalue weighted by Gasteiger charge is -2.03. The van der Waals surface area contributed by atoms with E-state index in [2.05, 4.69) is 42.0 Å². The van der Waals surface area contributed by atoms with Gasteiger partial charge in [0.25, 0.3) is 0 Å². The van der Waals surface area contributed by atoms with Crippen LogP contribution < -0.4 is 0 Å². The Morgan fingerprint density at radius 1 is 1.38 bits per heavy atom. The second-order valence-corrected chi connectivity index (χ2v) is 3.75. The summed E-state index contributed by atoms with van der Waals surface area (Å²) in [5, 5.41) is 0. The maximum atomic E-state index is 4.36. The molecule has 0 saturated heterocycles. The van der Waals surface area contributed by atoms with Crippen molar-refractivity contribution in [3.05, 3.63) is 29.6 Å². The van der Waals surface area contributed by atoms with Crippen LogP contribution in [0.15, 0.2) is 18.2 Å². The zero-order valence-electron chi connectivity index (χ0n) is 8.26. The summed E-state index contributed by atoms with van der Waals surface area (Å²) in [6, 6.07) is 6.40.